The second kappa shape index (κ2) is 5.89. The van der Waals surface area contributed by atoms with Crippen LogP contribution < -0.4 is 9.47 Å². The molecule has 5 nitrogen and oxygen atoms in total. The summed E-state index contributed by atoms with van der Waals surface area (Å²) in [5.74, 6) is 0.165. The van der Waals surface area contributed by atoms with Gasteiger partial charge in [-0.15, -0.1) is 0 Å². The van der Waals surface area contributed by atoms with E-state index in [2.05, 4.69) is 4.74 Å². The summed E-state index contributed by atoms with van der Waals surface area (Å²) in [7, 11) is 1.22. The lowest BCUT2D eigenvalue weighted by molar-refractivity contribution is -0.150. The Morgan fingerprint density at radius 1 is 1.40 bits per heavy atom. The van der Waals surface area contributed by atoms with Crippen molar-refractivity contribution in [3.63, 3.8) is 0 Å². The molecule has 1 aliphatic heterocycles. The average molecular weight is 301 g/mol. The molecule has 0 aromatic heterocycles. The van der Waals surface area contributed by atoms with Gasteiger partial charge in [-0.3, -0.25) is 0 Å². The number of carbonyl (C=O) groups is 1. The van der Waals surface area contributed by atoms with Gasteiger partial charge in [0.05, 0.1) is 12.1 Å². The number of esters is 1. The number of benzene rings is 1. The van der Waals surface area contributed by atoms with Crippen molar-refractivity contribution >= 4 is 17.6 Å². The molecule has 0 bridgehead atoms. The summed E-state index contributed by atoms with van der Waals surface area (Å²) in [5.41, 5.74) is 1.05. The number of carbonyl (C=O) groups excluding carboxylic acids is 1. The standard InChI is InChI=1S/C14H17ClO5/c1-7(2)10-8(12(16)14(17)18-3)6-9-13(11(10)15)20-5-4-19-9/h6-7,12,16H,4-5H2,1-3H3. The van der Waals surface area contributed by atoms with Gasteiger partial charge in [-0.05, 0) is 17.5 Å². The Morgan fingerprint density at radius 3 is 2.65 bits per heavy atom. The van der Waals surface area contributed by atoms with Crippen LogP contribution in [-0.2, 0) is 9.53 Å². The molecule has 1 atom stereocenters. The van der Waals surface area contributed by atoms with E-state index >= 15 is 0 Å². The van der Waals surface area contributed by atoms with Gasteiger partial charge in [-0.2, -0.15) is 0 Å². The Bertz CT molecular complexity index is 527. The molecule has 1 aliphatic rings. The Morgan fingerprint density at radius 2 is 2.05 bits per heavy atom. The minimum absolute atomic E-state index is 0.00707. The van der Waals surface area contributed by atoms with Crippen LogP contribution in [0.1, 0.15) is 37.0 Å². The molecule has 0 saturated heterocycles. The monoisotopic (exact) mass is 300 g/mol. The van der Waals surface area contributed by atoms with Crippen molar-refractivity contribution in [2.75, 3.05) is 20.3 Å². The van der Waals surface area contributed by atoms with Gasteiger partial charge in [0.1, 0.15) is 13.2 Å². The molecule has 1 aromatic carbocycles. The van der Waals surface area contributed by atoms with E-state index in [0.717, 1.165) is 0 Å². The minimum atomic E-state index is -1.40. The lowest BCUT2D eigenvalue weighted by atomic mass is 9.93. The van der Waals surface area contributed by atoms with E-state index in [1.165, 1.54) is 7.11 Å². The third-order valence-electron chi connectivity index (χ3n) is 3.14. The van der Waals surface area contributed by atoms with Crippen molar-refractivity contribution < 1.29 is 24.1 Å². The summed E-state index contributed by atoms with van der Waals surface area (Å²) < 4.78 is 15.6. The van der Waals surface area contributed by atoms with Gasteiger partial charge in [-0.1, -0.05) is 25.4 Å². The molecule has 0 radical (unpaired) electrons. The highest BCUT2D eigenvalue weighted by atomic mass is 35.5. The van der Waals surface area contributed by atoms with Crippen LogP contribution in [0.4, 0.5) is 0 Å². The third kappa shape index (κ3) is 2.55. The summed E-state index contributed by atoms with van der Waals surface area (Å²) in [6, 6.07) is 1.59. The highest BCUT2D eigenvalue weighted by Gasteiger charge is 2.29. The fourth-order valence-corrected chi connectivity index (χ4v) is 2.71. The first-order valence-corrected chi connectivity index (χ1v) is 6.73. The normalized spacial score (nSPS) is 15.1. The molecule has 20 heavy (non-hydrogen) atoms. The van der Waals surface area contributed by atoms with Crippen LogP contribution in [0, 0.1) is 0 Å². The maximum absolute atomic E-state index is 11.6. The SMILES string of the molecule is COC(=O)C(O)c1cc2c(c(Cl)c1C(C)C)OCCO2. The summed E-state index contributed by atoms with van der Waals surface area (Å²) >= 11 is 6.35. The molecular formula is C14H17ClO5. The van der Waals surface area contributed by atoms with Gasteiger partial charge in [-0.25, -0.2) is 4.79 Å². The summed E-state index contributed by atoms with van der Waals surface area (Å²) in [6.07, 6.45) is -1.40. The molecule has 1 unspecified atom stereocenters. The van der Waals surface area contributed by atoms with E-state index < -0.39 is 12.1 Å². The first-order valence-electron chi connectivity index (χ1n) is 6.35. The largest absolute Gasteiger partial charge is 0.486 e. The number of halogens is 1. The second-order valence-corrected chi connectivity index (χ2v) is 5.18. The van der Waals surface area contributed by atoms with Crippen LogP contribution in [-0.4, -0.2) is 31.4 Å². The smallest absolute Gasteiger partial charge is 0.339 e. The molecule has 0 amide bonds. The van der Waals surface area contributed by atoms with Crippen LogP contribution in [0.15, 0.2) is 6.07 Å². The van der Waals surface area contributed by atoms with Crippen molar-refractivity contribution in [3.8, 4) is 11.5 Å². The Balaban J connectivity index is 2.60. The van der Waals surface area contributed by atoms with E-state index in [1.807, 2.05) is 13.8 Å². The molecular weight excluding hydrogens is 284 g/mol. The van der Waals surface area contributed by atoms with Crippen LogP contribution >= 0.6 is 11.6 Å². The predicted molar refractivity (Wildman–Crippen MR) is 73.5 cm³/mol. The average Bonchev–Trinajstić information content (AvgIpc) is 2.45. The minimum Gasteiger partial charge on any atom is -0.486 e. The zero-order valence-corrected chi connectivity index (χ0v) is 12.4. The van der Waals surface area contributed by atoms with Crippen molar-refractivity contribution in [2.24, 2.45) is 0 Å². The molecule has 6 heteroatoms. The van der Waals surface area contributed by atoms with Gasteiger partial charge in [0.25, 0.3) is 0 Å². The number of rotatable bonds is 3. The van der Waals surface area contributed by atoms with Crippen molar-refractivity contribution in [3.05, 3.63) is 22.2 Å². The number of aliphatic hydroxyl groups excluding tert-OH is 1. The van der Waals surface area contributed by atoms with Crippen molar-refractivity contribution in [1.82, 2.24) is 0 Å². The highest BCUT2D eigenvalue weighted by molar-refractivity contribution is 6.33. The first kappa shape index (κ1) is 14.9. The third-order valence-corrected chi connectivity index (χ3v) is 3.52. The number of hydrogen-bond donors (Lipinski definition) is 1. The number of ether oxygens (including phenoxy) is 3. The Hall–Kier alpha value is -1.46. The maximum Gasteiger partial charge on any atom is 0.339 e. The first-order chi connectivity index (χ1) is 9.47. The number of fused-ring (bicyclic) bond motifs is 1. The van der Waals surface area contributed by atoms with Crippen LogP contribution in [0.5, 0.6) is 11.5 Å². The summed E-state index contributed by atoms with van der Waals surface area (Å²) in [6.45, 7) is 4.66. The topological polar surface area (TPSA) is 65.0 Å². The fourth-order valence-electron chi connectivity index (χ4n) is 2.23. The molecule has 2 rings (SSSR count). The summed E-state index contributed by atoms with van der Waals surface area (Å²) in [4.78, 5) is 11.6. The van der Waals surface area contributed by atoms with E-state index in [1.54, 1.807) is 6.07 Å². The maximum atomic E-state index is 11.6. The van der Waals surface area contributed by atoms with Gasteiger partial charge < -0.3 is 19.3 Å². The van der Waals surface area contributed by atoms with Crippen LogP contribution in [0.25, 0.3) is 0 Å². The van der Waals surface area contributed by atoms with Gasteiger partial charge in [0.2, 0.25) is 0 Å². The molecule has 1 aromatic rings. The van der Waals surface area contributed by atoms with E-state index in [0.29, 0.717) is 40.9 Å². The Labute approximate surface area is 122 Å². The lowest BCUT2D eigenvalue weighted by Crippen LogP contribution is -2.20. The molecule has 0 fully saturated rings. The molecule has 1 N–H and O–H groups in total. The van der Waals surface area contributed by atoms with Gasteiger partial charge in [0.15, 0.2) is 17.6 Å². The quantitative estimate of drug-likeness (QED) is 0.869. The molecule has 0 aliphatic carbocycles. The molecule has 0 saturated carbocycles. The van der Waals surface area contributed by atoms with Crippen LogP contribution in [0.2, 0.25) is 5.02 Å². The second-order valence-electron chi connectivity index (χ2n) is 4.80. The predicted octanol–water partition coefficient (Wildman–Crippen LogP) is 2.44. The molecule has 1 heterocycles. The zero-order chi connectivity index (χ0) is 14.9. The molecule has 0 spiro atoms. The number of methoxy groups -OCH3 is 1. The lowest BCUT2D eigenvalue weighted by Gasteiger charge is -2.25. The van der Waals surface area contributed by atoms with E-state index in [-0.39, 0.29) is 5.92 Å². The van der Waals surface area contributed by atoms with E-state index in [4.69, 9.17) is 21.1 Å². The zero-order valence-electron chi connectivity index (χ0n) is 11.6. The fraction of sp³-hybridized carbons (Fsp3) is 0.500. The van der Waals surface area contributed by atoms with Crippen molar-refractivity contribution in [2.45, 2.75) is 25.9 Å². The highest BCUT2D eigenvalue weighted by Crippen LogP contribution is 2.45. The Kier molecular flexibility index (Phi) is 4.40. The molecule has 110 valence electrons. The number of aliphatic hydroxyl groups is 1. The van der Waals surface area contributed by atoms with Gasteiger partial charge in [0, 0.05) is 5.56 Å². The number of hydrogen-bond acceptors (Lipinski definition) is 5. The van der Waals surface area contributed by atoms with E-state index in [9.17, 15) is 9.90 Å². The van der Waals surface area contributed by atoms with Crippen molar-refractivity contribution in [1.29, 1.82) is 0 Å². The van der Waals surface area contributed by atoms with Gasteiger partial charge >= 0.3 is 5.97 Å². The van der Waals surface area contributed by atoms with Crippen LogP contribution in [0.3, 0.4) is 0 Å². The summed E-state index contributed by atoms with van der Waals surface area (Å²) in [5, 5.41) is 10.5.